The summed E-state index contributed by atoms with van der Waals surface area (Å²) in [5.41, 5.74) is 0.325. The van der Waals surface area contributed by atoms with Crippen LogP contribution in [0.1, 0.15) is 17.3 Å². The van der Waals surface area contributed by atoms with Gasteiger partial charge in [-0.15, -0.1) is 12.6 Å². The summed E-state index contributed by atoms with van der Waals surface area (Å²) in [6.45, 7) is 3.09. The molecule has 0 amide bonds. The molecule has 16 heavy (non-hydrogen) atoms. The van der Waals surface area contributed by atoms with Gasteiger partial charge in [-0.25, -0.2) is 4.79 Å². The van der Waals surface area contributed by atoms with Crippen molar-refractivity contribution >= 4 is 30.2 Å². The van der Waals surface area contributed by atoms with E-state index in [0.717, 1.165) is 0 Å². The van der Waals surface area contributed by atoms with Crippen molar-refractivity contribution in [3.8, 4) is 0 Å². The predicted molar refractivity (Wildman–Crippen MR) is 65.5 cm³/mol. The first-order valence-electron chi connectivity index (χ1n) is 4.88. The summed E-state index contributed by atoms with van der Waals surface area (Å²) >= 11 is 9.99. The molecule has 0 heterocycles. The van der Waals surface area contributed by atoms with Gasteiger partial charge in [0.05, 0.1) is 17.2 Å². The number of carbonyl (C=O) groups excluding carboxylic acids is 1. The van der Waals surface area contributed by atoms with Gasteiger partial charge >= 0.3 is 5.97 Å². The summed E-state index contributed by atoms with van der Waals surface area (Å²) in [4.78, 5) is 12.3. The van der Waals surface area contributed by atoms with E-state index < -0.39 is 5.97 Å². The number of thiol groups is 1. The van der Waals surface area contributed by atoms with Crippen molar-refractivity contribution in [3.63, 3.8) is 0 Å². The molecule has 0 aromatic heterocycles. The molecule has 0 N–H and O–H groups in total. The van der Waals surface area contributed by atoms with Crippen LogP contribution in [-0.2, 0) is 9.47 Å². The molecule has 0 fully saturated rings. The molecule has 1 aromatic rings. The molecular weight excluding hydrogens is 248 g/mol. The smallest absolute Gasteiger partial charge is 0.339 e. The highest BCUT2D eigenvalue weighted by atomic mass is 35.5. The fourth-order valence-corrected chi connectivity index (χ4v) is 1.48. The number of hydrogen-bond donors (Lipinski definition) is 1. The molecule has 0 atom stereocenters. The van der Waals surface area contributed by atoms with Gasteiger partial charge in [0.25, 0.3) is 0 Å². The molecule has 0 spiro atoms. The van der Waals surface area contributed by atoms with Crippen molar-refractivity contribution < 1.29 is 14.3 Å². The van der Waals surface area contributed by atoms with Crippen molar-refractivity contribution in [2.24, 2.45) is 0 Å². The molecule has 0 saturated heterocycles. The van der Waals surface area contributed by atoms with Crippen LogP contribution in [0.2, 0.25) is 5.02 Å². The van der Waals surface area contributed by atoms with Crippen LogP contribution in [0.25, 0.3) is 0 Å². The van der Waals surface area contributed by atoms with Crippen molar-refractivity contribution in [2.75, 3.05) is 19.8 Å². The first-order chi connectivity index (χ1) is 7.65. The summed E-state index contributed by atoms with van der Waals surface area (Å²) in [6.07, 6.45) is 0. The van der Waals surface area contributed by atoms with Crippen LogP contribution in [0.5, 0.6) is 0 Å². The van der Waals surface area contributed by atoms with E-state index in [1.165, 1.54) is 0 Å². The average molecular weight is 261 g/mol. The van der Waals surface area contributed by atoms with Crippen LogP contribution in [0.15, 0.2) is 23.1 Å². The summed E-state index contributed by atoms with van der Waals surface area (Å²) in [5, 5.41) is 0.360. The molecular formula is C11H13ClO3S. The van der Waals surface area contributed by atoms with Gasteiger partial charge in [0.1, 0.15) is 6.61 Å². The maximum atomic E-state index is 11.6. The Balaban J connectivity index is 2.55. The first-order valence-corrected chi connectivity index (χ1v) is 5.71. The lowest BCUT2D eigenvalue weighted by atomic mass is 10.2. The molecule has 1 aromatic carbocycles. The molecule has 0 aliphatic rings. The van der Waals surface area contributed by atoms with Crippen molar-refractivity contribution in [2.45, 2.75) is 11.8 Å². The molecule has 0 unspecified atom stereocenters. The van der Waals surface area contributed by atoms with E-state index in [1.54, 1.807) is 18.2 Å². The lowest BCUT2D eigenvalue weighted by Gasteiger charge is -2.06. The van der Waals surface area contributed by atoms with E-state index in [0.29, 0.717) is 28.7 Å². The van der Waals surface area contributed by atoms with E-state index in [-0.39, 0.29) is 6.61 Å². The molecule has 0 aliphatic carbocycles. The van der Waals surface area contributed by atoms with Crippen LogP contribution in [0, 0.1) is 0 Å². The van der Waals surface area contributed by atoms with Gasteiger partial charge in [-0.3, -0.25) is 0 Å². The fraction of sp³-hybridized carbons (Fsp3) is 0.364. The maximum Gasteiger partial charge on any atom is 0.339 e. The van der Waals surface area contributed by atoms with Gasteiger partial charge in [0.15, 0.2) is 0 Å². The highest BCUT2D eigenvalue weighted by Crippen LogP contribution is 2.20. The summed E-state index contributed by atoms with van der Waals surface area (Å²) in [6, 6.07) is 4.90. The molecule has 0 bridgehead atoms. The van der Waals surface area contributed by atoms with Crippen LogP contribution < -0.4 is 0 Å². The zero-order valence-corrected chi connectivity index (χ0v) is 10.6. The summed E-state index contributed by atoms with van der Waals surface area (Å²) in [7, 11) is 0. The maximum absolute atomic E-state index is 11.6. The minimum absolute atomic E-state index is 0.222. The minimum Gasteiger partial charge on any atom is -0.460 e. The summed E-state index contributed by atoms with van der Waals surface area (Å²) < 4.78 is 10.0. The van der Waals surface area contributed by atoms with Crippen LogP contribution in [-0.4, -0.2) is 25.8 Å². The lowest BCUT2D eigenvalue weighted by Crippen LogP contribution is -2.11. The van der Waals surface area contributed by atoms with Gasteiger partial charge in [-0.1, -0.05) is 11.6 Å². The van der Waals surface area contributed by atoms with E-state index >= 15 is 0 Å². The van der Waals surface area contributed by atoms with Crippen LogP contribution in [0.4, 0.5) is 0 Å². The number of esters is 1. The number of carbonyl (C=O) groups is 1. The second-order valence-corrected chi connectivity index (χ2v) is 3.92. The lowest BCUT2D eigenvalue weighted by molar-refractivity contribution is 0.0335. The Morgan fingerprint density at radius 2 is 2.19 bits per heavy atom. The Bertz CT molecular complexity index is 368. The molecule has 5 heteroatoms. The van der Waals surface area contributed by atoms with Gasteiger partial charge < -0.3 is 9.47 Å². The highest BCUT2D eigenvalue weighted by molar-refractivity contribution is 7.80. The normalized spacial score (nSPS) is 10.2. The Morgan fingerprint density at radius 1 is 1.44 bits per heavy atom. The van der Waals surface area contributed by atoms with Crippen molar-refractivity contribution in [1.82, 2.24) is 0 Å². The van der Waals surface area contributed by atoms with Crippen LogP contribution in [0.3, 0.4) is 0 Å². The average Bonchev–Trinajstić information content (AvgIpc) is 2.27. The predicted octanol–water partition coefficient (Wildman–Crippen LogP) is 2.82. The molecule has 0 saturated carbocycles. The first kappa shape index (κ1) is 13.4. The number of hydrogen-bond acceptors (Lipinski definition) is 4. The van der Waals surface area contributed by atoms with Gasteiger partial charge in [-0.2, -0.15) is 0 Å². The van der Waals surface area contributed by atoms with E-state index in [4.69, 9.17) is 21.1 Å². The standard InChI is InChI=1S/C11H13ClO3S/c1-2-14-5-6-15-11(13)9-7-8(16)3-4-10(9)12/h3-4,7,16H,2,5-6H2,1H3. The summed E-state index contributed by atoms with van der Waals surface area (Å²) in [5.74, 6) is -0.458. The quantitative estimate of drug-likeness (QED) is 0.502. The minimum atomic E-state index is -0.458. The highest BCUT2D eigenvalue weighted by Gasteiger charge is 2.11. The topological polar surface area (TPSA) is 35.5 Å². The molecule has 0 radical (unpaired) electrons. The van der Waals surface area contributed by atoms with Crippen LogP contribution >= 0.6 is 24.2 Å². The molecule has 3 nitrogen and oxygen atoms in total. The third kappa shape index (κ3) is 4.04. The molecule has 0 aliphatic heterocycles. The Labute approximate surface area is 105 Å². The second-order valence-electron chi connectivity index (χ2n) is 3.00. The zero-order chi connectivity index (χ0) is 12.0. The van der Waals surface area contributed by atoms with E-state index in [9.17, 15) is 4.79 Å². The monoisotopic (exact) mass is 260 g/mol. The third-order valence-electron chi connectivity index (χ3n) is 1.83. The largest absolute Gasteiger partial charge is 0.460 e. The zero-order valence-electron chi connectivity index (χ0n) is 8.90. The van der Waals surface area contributed by atoms with Gasteiger partial charge in [-0.05, 0) is 25.1 Å². The number of ether oxygens (including phenoxy) is 2. The van der Waals surface area contributed by atoms with Gasteiger partial charge in [0, 0.05) is 11.5 Å². The number of halogens is 1. The SMILES string of the molecule is CCOCCOC(=O)c1cc(S)ccc1Cl. The Kier molecular flexibility index (Phi) is 5.66. The Morgan fingerprint density at radius 3 is 2.88 bits per heavy atom. The second kappa shape index (κ2) is 6.78. The van der Waals surface area contributed by atoms with E-state index in [1.807, 2.05) is 6.92 Å². The van der Waals surface area contributed by atoms with E-state index in [2.05, 4.69) is 12.6 Å². The molecule has 1 rings (SSSR count). The van der Waals surface area contributed by atoms with Gasteiger partial charge in [0.2, 0.25) is 0 Å². The Hall–Kier alpha value is -0.710. The number of rotatable bonds is 5. The number of benzene rings is 1. The fourth-order valence-electron chi connectivity index (χ4n) is 1.09. The third-order valence-corrected chi connectivity index (χ3v) is 2.44. The van der Waals surface area contributed by atoms with Crippen molar-refractivity contribution in [1.29, 1.82) is 0 Å². The van der Waals surface area contributed by atoms with Crippen molar-refractivity contribution in [3.05, 3.63) is 28.8 Å². The molecule has 88 valence electrons.